The maximum Gasteiger partial charge on any atom is 0.276 e. The van der Waals surface area contributed by atoms with Gasteiger partial charge in [-0.2, -0.15) is 0 Å². The fourth-order valence-corrected chi connectivity index (χ4v) is 2.98. The van der Waals surface area contributed by atoms with Crippen LogP contribution in [-0.4, -0.2) is 41.3 Å². The smallest absolute Gasteiger partial charge is 0.276 e. The lowest BCUT2D eigenvalue weighted by molar-refractivity contribution is 0.00126. The summed E-state index contributed by atoms with van der Waals surface area (Å²) in [6.07, 6.45) is 2.67. The van der Waals surface area contributed by atoms with Gasteiger partial charge in [0.15, 0.2) is 5.69 Å². The normalized spacial score (nSPS) is 31.4. The molecule has 0 N–H and O–H groups in total. The number of fused-ring (bicyclic) bond motifs is 1. The van der Waals surface area contributed by atoms with Gasteiger partial charge in [-0.25, -0.2) is 0 Å². The second kappa shape index (κ2) is 4.39. The minimum atomic E-state index is -0.0477. The molecule has 98 valence electrons. The summed E-state index contributed by atoms with van der Waals surface area (Å²) in [4.78, 5) is 14.1. The third-order valence-electron chi connectivity index (χ3n) is 3.87. The van der Waals surface area contributed by atoms with Gasteiger partial charge in [-0.05, 0) is 32.6 Å². The van der Waals surface area contributed by atoms with Gasteiger partial charge in [0, 0.05) is 19.2 Å². The standard InChI is InChI=1S/C13H18N2O3/c1-8-5-10-3-4-15(7-12(10)17-8)13(16)11-6-9(2)18-14-11/h6,8,10,12H,3-5,7H2,1-2H3/t8-,10-,12+/m1/s1. The van der Waals surface area contributed by atoms with Crippen molar-refractivity contribution in [2.75, 3.05) is 13.1 Å². The number of amides is 1. The van der Waals surface area contributed by atoms with E-state index >= 15 is 0 Å². The zero-order valence-electron chi connectivity index (χ0n) is 10.8. The van der Waals surface area contributed by atoms with E-state index in [2.05, 4.69) is 12.1 Å². The number of aromatic nitrogens is 1. The number of rotatable bonds is 1. The first kappa shape index (κ1) is 11.7. The average molecular weight is 250 g/mol. The summed E-state index contributed by atoms with van der Waals surface area (Å²) in [5.41, 5.74) is 0.400. The highest BCUT2D eigenvalue weighted by Gasteiger charge is 2.39. The van der Waals surface area contributed by atoms with Crippen LogP contribution in [0.4, 0.5) is 0 Å². The molecule has 2 aliphatic rings. The molecule has 5 heteroatoms. The molecule has 5 nitrogen and oxygen atoms in total. The van der Waals surface area contributed by atoms with E-state index < -0.39 is 0 Å². The number of aryl methyl sites for hydroxylation is 1. The molecule has 0 aromatic carbocycles. The van der Waals surface area contributed by atoms with Crippen molar-refractivity contribution >= 4 is 5.91 Å². The molecular formula is C13H18N2O3. The lowest BCUT2D eigenvalue weighted by Crippen LogP contribution is -2.45. The van der Waals surface area contributed by atoms with Gasteiger partial charge < -0.3 is 14.2 Å². The highest BCUT2D eigenvalue weighted by molar-refractivity contribution is 5.92. The first-order chi connectivity index (χ1) is 8.63. The summed E-state index contributed by atoms with van der Waals surface area (Å²) >= 11 is 0. The molecule has 0 spiro atoms. The molecule has 0 saturated carbocycles. The first-order valence-corrected chi connectivity index (χ1v) is 6.51. The molecule has 18 heavy (non-hydrogen) atoms. The SMILES string of the molecule is Cc1cc(C(=O)N2CC[C@@H]3C[C@@H](C)O[C@H]3C2)no1. The number of hydrogen-bond acceptors (Lipinski definition) is 4. The topological polar surface area (TPSA) is 55.6 Å². The minimum Gasteiger partial charge on any atom is -0.373 e. The summed E-state index contributed by atoms with van der Waals surface area (Å²) in [5.74, 6) is 1.23. The van der Waals surface area contributed by atoms with E-state index in [1.807, 2.05) is 4.90 Å². The Bertz CT molecular complexity index is 457. The van der Waals surface area contributed by atoms with Crippen molar-refractivity contribution in [3.63, 3.8) is 0 Å². The van der Waals surface area contributed by atoms with E-state index in [-0.39, 0.29) is 12.0 Å². The monoisotopic (exact) mass is 250 g/mol. The van der Waals surface area contributed by atoms with Crippen LogP contribution in [0.1, 0.15) is 36.0 Å². The lowest BCUT2D eigenvalue weighted by atomic mass is 9.92. The van der Waals surface area contributed by atoms with Crippen LogP contribution in [0.5, 0.6) is 0 Å². The highest BCUT2D eigenvalue weighted by atomic mass is 16.5. The molecule has 0 unspecified atom stereocenters. The number of hydrogen-bond donors (Lipinski definition) is 0. The quantitative estimate of drug-likeness (QED) is 0.760. The van der Waals surface area contributed by atoms with Crippen LogP contribution in [0, 0.1) is 12.8 Å². The summed E-state index contributed by atoms with van der Waals surface area (Å²) in [7, 11) is 0. The second-order valence-electron chi connectivity index (χ2n) is 5.34. The van der Waals surface area contributed by atoms with Gasteiger partial charge in [0.25, 0.3) is 5.91 Å². The zero-order chi connectivity index (χ0) is 12.7. The first-order valence-electron chi connectivity index (χ1n) is 6.51. The Hall–Kier alpha value is -1.36. The Morgan fingerprint density at radius 1 is 1.56 bits per heavy atom. The number of carbonyl (C=O) groups excluding carboxylic acids is 1. The third kappa shape index (κ3) is 2.03. The number of ether oxygens (including phenoxy) is 1. The van der Waals surface area contributed by atoms with Crippen LogP contribution < -0.4 is 0 Å². The van der Waals surface area contributed by atoms with Crippen LogP contribution in [-0.2, 0) is 4.74 Å². The van der Waals surface area contributed by atoms with Gasteiger partial charge in [0.2, 0.25) is 0 Å². The van der Waals surface area contributed by atoms with Crippen LogP contribution in [0.3, 0.4) is 0 Å². The van der Waals surface area contributed by atoms with Crippen molar-refractivity contribution in [3.8, 4) is 0 Å². The lowest BCUT2D eigenvalue weighted by Gasteiger charge is -2.33. The maximum atomic E-state index is 12.2. The summed E-state index contributed by atoms with van der Waals surface area (Å²) in [6.45, 7) is 5.37. The van der Waals surface area contributed by atoms with E-state index in [9.17, 15) is 4.79 Å². The van der Waals surface area contributed by atoms with Gasteiger partial charge >= 0.3 is 0 Å². The Kier molecular flexibility index (Phi) is 2.86. The van der Waals surface area contributed by atoms with Crippen molar-refractivity contribution in [1.82, 2.24) is 10.1 Å². The van der Waals surface area contributed by atoms with Gasteiger partial charge in [0.1, 0.15) is 5.76 Å². The average Bonchev–Trinajstić information content (AvgIpc) is 2.92. The van der Waals surface area contributed by atoms with E-state index in [0.29, 0.717) is 30.0 Å². The van der Waals surface area contributed by atoms with Crippen LogP contribution in [0.25, 0.3) is 0 Å². The summed E-state index contributed by atoms with van der Waals surface area (Å²) in [6, 6.07) is 1.69. The van der Waals surface area contributed by atoms with E-state index in [1.54, 1.807) is 13.0 Å². The summed E-state index contributed by atoms with van der Waals surface area (Å²) in [5, 5.41) is 3.78. The number of nitrogens with zero attached hydrogens (tertiary/aromatic N) is 2. The van der Waals surface area contributed by atoms with Crippen molar-refractivity contribution in [1.29, 1.82) is 0 Å². The van der Waals surface area contributed by atoms with Gasteiger partial charge in [-0.15, -0.1) is 0 Å². The molecule has 1 amide bonds. The molecule has 0 aliphatic carbocycles. The molecule has 0 radical (unpaired) electrons. The fraction of sp³-hybridized carbons (Fsp3) is 0.692. The predicted octanol–water partition coefficient (Wildman–Crippen LogP) is 1.62. The molecule has 1 aromatic heterocycles. The Balaban J connectivity index is 1.69. The number of likely N-dealkylation sites (tertiary alicyclic amines) is 1. The van der Waals surface area contributed by atoms with Crippen LogP contribution >= 0.6 is 0 Å². The van der Waals surface area contributed by atoms with Gasteiger partial charge in [-0.3, -0.25) is 4.79 Å². The number of carbonyl (C=O) groups is 1. The Labute approximate surface area is 106 Å². The van der Waals surface area contributed by atoms with Crippen LogP contribution in [0.15, 0.2) is 10.6 Å². The second-order valence-corrected chi connectivity index (χ2v) is 5.34. The van der Waals surface area contributed by atoms with Gasteiger partial charge in [-0.1, -0.05) is 5.16 Å². The predicted molar refractivity (Wildman–Crippen MR) is 64.2 cm³/mol. The number of piperidine rings is 1. The third-order valence-corrected chi connectivity index (χ3v) is 3.87. The molecule has 2 aliphatic heterocycles. The Morgan fingerprint density at radius 2 is 2.39 bits per heavy atom. The van der Waals surface area contributed by atoms with E-state index in [4.69, 9.17) is 9.26 Å². The highest BCUT2D eigenvalue weighted by Crippen LogP contribution is 2.33. The van der Waals surface area contributed by atoms with Crippen molar-refractivity contribution < 1.29 is 14.1 Å². The fourth-order valence-electron chi connectivity index (χ4n) is 2.98. The van der Waals surface area contributed by atoms with E-state index in [0.717, 1.165) is 19.4 Å². The zero-order valence-corrected chi connectivity index (χ0v) is 10.8. The molecule has 0 bridgehead atoms. The van der Waals surface area contributed by atoms with Crippen LogP contribution in [0.2, 0.25) is 0 Å². The molecule has 2 saturated heterocycles. The van der Waals surface area contributed by atoms with Crippen molar-refractivity contribution in [3.05, 3.63) is 17.5 Å². The molecule has 3 atom stereocenters. The molecular weight excluding hydrogens is 232 g/mol. The largest absolute Gasteiger partial charge is 0.373 e. The molecule has 3 heterocycles. The van der Waals surface area contributed by atoms with Gasteiger partial charge in [0.05, 0.1) is 12.2 Å². The van der Waals surface area contributed by atoms with E-state index in [1.165, 1.54) is 0 Å². The minimum absolute atomic E-state index is 0.0477. The maximum absolute atomic E-state index is 12.2. The molecule has 2 fully saturated rings. The molecule has 1 aromatic rings. The Morgan fingerprint density at radius 3 is 3.11 bits per heavy atom. The summed E-state index contributed by atoms with van der Waals surface area (Å²) < 4.78 is 10.8. The molecule has 3 rings (SSSR count). The van der Waals surface area contributed by atoms with Crippen molar-refractivity contribution in [2.45, 2.75) is 38.9 Å². The van der Waals surface area contributed by atoms with Crippen molar-refractivity contribution in [2.24, 2.45) is 5.92 Å².